The minimum absolute atomic E-state index is 0.0151. The molecule has 5 rings (SSSR count). The highest BCUT2D eigenvalue weighted by molar-refractivity contribution is 6.31. The third-order valence-electron chi connectivity index (χ3n) is 9.09. The quantitative estimate of drug-likeness (QED) is 0.356. The minimum atomic E-state index is -0.451. The van der Waals surface area contributed by atoms with Crippen LogP contribution in [-0.4, -0.2) is 84.2 Å². The lowest BCUT2D eigenvalue weighted by Gasteiger charge is -2.38. The average molecular weight is 621 g/mol. The molecule has 0 atom stereocenters. The number of carbonyl (C=O) groups excluding carboxylic acids is 2. The van der Waals surface area contributed by atoms with Gasteiger partial charge in [-0.1, -0.05) is 23.7 Å². The largest absolute Gasteiger partial charge is 0.490 e. The zero-order valence-electron chi connectivity index (χ0n) is 26.3. The molecule has 0 aromatic heterocycles. The maximum absolute atomic E-state index is 13.2. The number of nitrogens with zero attached hydrogens (tertiary/aromatic N) is 4. The number of ether oxygens (including phenoxy) is 2. The molecule has 0 spiro atoms. The highest BCUT2D eigenvalue weighted by atomic mass is 35.5. The molecule has 2 aromatic rings. The van der Waals surface area contributed by atoms with Crippen molar-refractivity contribution in [1.29, 1.82) is 5.26 Å². The van der Waals surface area contributed by atoms with Gasteiger partial charge in [0.1, 0.15) is 23.5 Å². The van der Waals surface area contributed by atoms with Crippen molar-refractivity contribution in [1.82, 2.24) is 14.7 Å². The van der Waals surface area contributed by atoms with Gasteiger partial charge in [-0.05, 0) is 101 Å². The summed E-state index contributed by atoms with van der Waals surface area (Å²) in [4.78, 5) is 31.9. The summed E-state index contributed by atoms with van der Waals surface area (Å²) >= 11 is 6.14. The molecule has 0 N–H and O–H groups in total. The van der Waals surface area contributed by atoms with Gasteiger partial charge in [-0.2, -0.15) is 5.26 Å². The minimum Gasteiger partial charge on any atom is -0.490 e. The molecule has 0 aliphatic carbocycles. The first-order chi connectivity index (χ1) is 21.1. The van der Waals surface area contributed by atoms with Gasteiger partial charge < -0.3 is 24.2 Å². The molecule has 236 valence electrons. The van der Waals surface area contributed by atoms with Crippen LogP contribution in [0.5, 0.6) is 5.75 Å². The van der Waals surface area contributed by atoms with E-state index >= 15 is 0 Å². The van der Waals surface area contributed by atoms with E-state index in [9.17, 15) is 9.59 Å². The van der Waals surface area contributed by atoms with Crippen molar-refractivity contribution in [3.8, 4) is 11.8 Å². The first-order valence-corrected chi connectivity index (χ1v) is 16.4. The lowest BCUT2D eigenvalue weighted by Crippen LogP contribution is -2.44. The van der Waals surface area contributed by atoms with E-state index in [0.29, 0.717) is 41.3 Å². The van der Waals surface area contributed by atoms with Crippen molar-refractivity contribution >= 4 is 23.6 Å². The lowest BCUT2D eigenvalue weighted by atomic mass is 9.88. The first-order valence-electron chi connectivity index (χ1n) is 16.0. The summed E-state index contributed by atoms with van der Waals surface area (Å²) in [5.41, 5.74) is 2.04. The number of hydrogen-bond donors (Lipinski definition) is 0. The van der Waals surface area contributed by atoms with Gasteiger partial charge in [-0.25, -0.2) is 4.79 Å². The molecular formula is C35H45ClN4O4. The monoisotopic (exact) mass is 620 g/mol. The van der Waals surface area contributed by atoms with Gasteiger partial charge >= 0.3 is 6.09 Å². The molecule has 44 heavy (non-hydrogen) atoms. The van der Waals surface area contributed by atoms with Crippen LogP contribution in [0.15, 0.2) is 42.5 Å². The average Bonchev–Trinajstić information content (AvgIpc) is 3.01. The standard InChI is InChI=1S/C35H45ClN4O4/c1-35(2,3)44-34(42)40-18-10-25(11-19-40)24-38-16-12-27(13-17-38)26-4-6-28(7-5-26)33(41)39-20-14-30(15-21-39)43-31-9-8-29(23-37)32(36)22-31/h4-9,22,25,27,30H,10-21,24H2,1-3H3. The number of nitriles is 1. The molecule has 0 unspecified atom stereocenters. The summed E-state index contributed by atoms with van der Waals surface area (Å²) in [6, 6.07) is 15.5. The molecule has 3 aliphatic heterocycles. The van der Waals surface area contributed by atoms with Crippen molar-refractivity contribution < 1.29 is 19.1 Å². The van der Waals surface area contributed by atoms with Gasteiger partial charge in [0.05, 0.1) is 10.6 Å². The predicted octanol–water partition coefficient (Wildman–Crippen LogP) is 6.72. The van der Waals surface area contributed by atoms with Gasteiger partial charge in [0.25, 0.3) is 5.91 Å². The summed E-state index contributed by atoms with van der Waals surface area (Å²) < 4.78 is 11.6. The molecule has 0 bridgehead atoms. The third kappa shape index (κ3) is 8.46. The number of benzene rings is 2. The molecule has 9 heteroatoms. The van der Waals surface area contributed by atoms with Crippen LogP contribution >= 0.6 is 11.6 Å². The second-order valence-corrected chi connectivity index (χ2v) is 13.9. The second-order valence-electron chi connectivity index (χ2n) is 13.5. The Balaban J connectivity index is 1.02. The number of carbonyl (C=O) groups is 2. The SMILES string of the molecule is CC(C)(C)OC(=O)N1CCC(CN2CCC(c3ccc(C(=O)N4CCC(Oc5ccc(C#N)c(Cl)c5)CC4)cc3)CC2)CC1. The highest BCUT2D eigenvalue weighted by Gasteiger charge is 2.30. The van der Waals surface area contributed by atoms with Crippen LogP contribution in [-0.2, 0) is 4.74 Å². The van der Waals surface area contributed by atoms with Crippen LogP contribution in [0.3, 0.4) is 0 Å². The molecule has 0 saturated carbocycles. The Morgan fingerprint density at radius 2 is 1.52 bits per heavy atom. The van der Waals surface area contributed by atoms with Gasteiger partial charge in [0, 0.05) is 57.2 Å². The van der Waals surface area contributed by atoms with Crippen molar-refractivity contribution in [3.63, 3.8) is 0 Å². The van der Waals surface area contributed by atoms with Crippen LogP contribution in [0.25, 0.3) is 0 Å². The van der Waals surface area contributed by atoms with Gasteiger partial charge in [0.2, 0.25) is 0 Å². The molecule has 3 heterocycles. The lowest BCUT2D eigenvalue weighted by molar-refractivity contribution is 0.0165. The van der Waals surface area contributed by atoms with E-state index < -0.39 is 5.60 Å². The molecular weight excluding hydrogens is 576 g/mol. The van der Waals surface area contributed by atoms with E-state index in [0.717, 1.165) is 76.8 Å². The van der Waals surface area contributed by atoms with Crippen LogP contribution in [0.2, 0.25) is 5.02 Å². The van der Waals surface area contributed by atoms with Crippen molar-refractivity contribution in [2.75, 3.05) is 45.8 Å². The fraction of sp³-hybridized carbons (Fsp3) is 0.571. The van der Waals surface area contributed by atoms with E-state index in [-0.39, 0.29) is 18.1 Å². The van der Waals surface area contributed by atoms with Crippen LogP contribution < -0.4 is 4.74 Å². The summed E-state index contributed by atoms with van der Waals surface area (Å²) in [5.74, 6) is 1.87. The Hall–Kier alpha value is -3.28. The maximum Gasteiger partial charge on any atom is 0.410 e. The van der Waals surface area contributed by atoms with Crippen molar-refractivity contribution in [2.45, 2.75) is 76.9 Å². The Kier molecular flexibility index (Phi) is 10.4. The molecule has 2 amide bonds. The smallest absolute Gasteiger partial charge is 0.410 e. The van der Waals surface area contributed by atoms with E-state index in [2.05, 4.69) is 23.1 Å². The van der Waals surface area contributed by atoms with Crippen LogP contribution in [0.1, 0.15) is 86.7 Å². The third-order valence-corrected chi connectivity index (χ3v) is 9.40. The van der Waals surface area contributed by atoms with Crippen LogP contribution in [0, 0.1) is 17.2 Å². The molecule has 0 radical (unpaired) electrons. The number of hydrogen-bond acceptors (Lipinski definition) is 6. The van der Waals surface area contributed by atoms with Crippen molar-refractivity contribution in [2.24, 2.45) is 5.92 Å². The van der Waals surface area contributed by atoms with Crippen LogP contribution in [0.4, 0.5) is 4.79 Å². The summed E-state index contributed by atoms with van der Waals surface area (Å²) in [6.45, 7) is 11.9. The Labute approximate surface area is 266 Å². The fourth-order valence-electron chi connectivity index (χ4n) is 6.55. The fourth-order valence-corrected chi connectivity index (χ4v) is 6.76. The summed E-state index contributed by atoms with van der Waals surface area (Å²) in [5, 5.41) is 9.45. The number of halogens is 1. The molecule has 3 aliphatic rings. The predicted molar refractivity (Wildman–Crippen MR) is 171 cm³/mol. The number of piperidine rings is 3. The van der Waals surface area contributed by atoms with E-state index in [1.54, 1.807) is 18.2 Å². The zero-order valence-corrected chi connectivity index (χ0v) is 27.0. The van der Waals surface area contributed by atoms with Gasteiger partial charge in [0.15, 0.2) is 0 Å². The number of rotatable bonds is 6. The zero-order chi connectivity index (χ0) is 31.3. The molecule has 3 saturated heterocycles. The second kappa shape index (κ2) is 14.2. The molecule has 3 fully saturated rings. The highest BCUT2D eigenvalue weighted by Crippen LogP contribution is 2.31. The van der Waals surface area contributed by atoms with Gasteiger partial charge in [-0.15, -0.1) is 0 Å². The number of amides is 2. The van der Waals surface area contributed by atoms with E-state index in [1.807, 2.05) is 42.7 Å². The molecule has 2 aromatic carbocycles. The Morgan fingerprint density at radius 3 is 2.11 bits per heavy atom. The number of likely N-dealkylation sites (tertiary alicyclic amines) is 3. The van der Waals surface area contributed by atoms with Gasteiger partial charge in [-0.3, -0.25) is 4.79 Å². The Bertz CT molecular complexity index is 1330. The first kappa shape index (κ1) is 32.1. The summed E-state index contributed by atoms with van der Waals surface area (Å²) in [7, 11) is 0. The Morgan fingerprint density at radius 1 is 0.886 bits per heavy atom. The normalized spacial score (nSPS) is 19.4. The van der Waals surface area contributed by atoms with E-state index in [4.69, 9.17) is 26.3 Å². The molecule has 8 nitrogen and oxygen atoms in total. The summed E-state index contributed by atoms with van der Waals surface area (Å²) in [6.07, 6.45) is 5.65. The topological polar surface area (TPSA) is 86.1 Å². The van der Waals surface area contributed by atoms with Crippen molar-refractivity contribution in [3.05, 3.63) is 64.2 Å². The van der Waals surface area contributed by atoms with E-state index in [1.165, 1.54) is 5.56 Å². The maximum atomic E-state index is 13.2.